The molecule has 2 atom stereocenters. The number of ether oxygens (including phenoxy) is 1. The van der Waals surface area contributed by atoms with Crippen LogP contribution in [0.15, 0.2) is 18.2 Å². The number of H-pyrrole nitrogens is 1. The largest absolute Gasteiger partial charge is 0.399 e. The molecule has 3 rings (SSSR count). The van der Waals surface area contributed by atoms with Crippen molar-refractivity contribution in [1.82, 2.24) is 9.97 Å². The summed E-state index contributed by atoms with van der Waals surface area (Å²) in [6, 6.07) is 5.73. The fraction of sp³-hybridized carbons (Fsp3) is 0.462. The number of nitrogens with zero attached hydrogens (tertiary/aromatic N) is 2. The molecule has 1 saturated heterocycles. The lowest BCUT2D eigenvalue weighted by molar-refractivity contribution is -0.00565. The molecule has 1 fully saturated rings. The van der Waals surface area contributed by atoms with Gasteiger partial charge in [-0.15, -0.1) is 0 Å². The minimum Gasteiger partial charge on any atom is -0.399 e. The number of hydrogen-bond donors (Lipinski definition) is 2. The number of nitrogens with one attached hydrogen (secondary N) is 1. The molecule has 0 amide bonds. The van der Waals surface area contributed by atoms with Gasteiger partial charge in [0.1, 0.15) is 0 Å². The first-order chi connectivity index (χ1) is 8.61. The molecule has 0 aliphatic carbocycles. The topological polar surface area (TPSA) is 67.2 Å². The Balaban J connectivity index is 1.93. The van der Waals surface area contributed by atoms with Crippen molar-refractivity contribution in [2.45, 2.75) is 26.1 Å². The molecule has 0 saturated carbocycles. The van der Waals surface area contributed by atoms with Crippen molar-refractivity contribution < 1.29 is 4.74 Å². The van der Waals surface area contributed by atoms with E-state index in [1.54, 1.807) is 0 Å². The summed E-state index contributed by atoms with van der Waals surface area (Å²) in [6.07, 6.45) is 0.457. The maximum atomic E-state index is 5.77. The van der Waals surface area contributed by atoms with Crippen LogP contribution in [0.3, 0.4) is 0 Å². The molecule has 18 heavy (non-hydrogen) atoms. The monoisotopic (exact) mass is 246 g/mol. The first-order valence-corrected chi connectivity index (χ1v) is 6.27. The van der Waals surface area contributed by atoms with Crippen LogP contribution in [-0.4, -0.2) is 35.3 Å². The van der Waals surface area contributed by atoms with Gasteiger partial charge in [0, 0.05) is 18.8 Å². The van der Waals surface area contributed by atoms with Gasteiger partial charge in [-0.1, -0.05) is 0 Å². The third kappa shape index (κ3) is 2.01. The minimum absolute atomic E-state index is 0.229. The Morgan fingerprint density at radius 2 is 2.06 bits per heavy atom. The number of morpholine rings is 1. The van der Waals surface area contributed by atoms with Crippen LogP contribution in [0, 0.1) is 0 Å². The highest BCUT2D eigenvalue weighted by molar-refractivity contribution is 5.80. The fourth-order valence-electron chi connectivity index (χ4n) is 2.51. The SMILES string of the molecule is C[C@@H]1CN(c2nc3ccc(N)cc3[nH]2)C[C@H](C)O1. The van der Waals surface area contributed by atoms with E-state index in [2.05, 4.69) is 28.7 Å². The maximum absolute atomic E-state index is 5.77. The second kappa shape index (κ2) is 4.17. The van der Waals surface area contributed by atoms with E-state index in [9.17, 15) is 0 Å². The van der Waals surface area contributed by atoms with Gasteiger partial charge in [0.05, 0.1) is 23.2 Å². The predicted octanol–water partition coefficient (Wildman–Crippen LogP) is 1.76. The summed E-state index contributed by atoms with van der Waals surface area (Å²) in [5.41, 5.74) is 8.46. The summed E-state index contributed by atoms with van der Waals surface area (Å²) in [7, 11) is 0. The van der Waals surface area contributed by atoms with Crippen LogP contribution < -0.4 is 10.6 Å². The van der Waals surface area contributed by atoms with E-state index in [0.717, 1.165) is 35.8 Å². The molecule has 5 heteroatoms. The van der Waals surface area contributed by atoms with Gasteiger partial charge >= 0.3 is 0 Å². The second-order valence-electron chi connectivity index (χ2n) is 5.00. The Labute approximate surface area is 106 Å². The van der Waals surface area contributed by atoms with Crippen molar-refractivity contribution in [2.24, 2.45) is 0 Å². The van der Waals surface area contributed by atoms with Gasteiger partial charge in [0.25, 0.3) is 0 Å². The van der Waals surface area contributed by atoms with Crippen molar-refractivity contribution in [2.75, 3.05) is 23.7 Å². The molecule has 5 nitrogen and oxygen atoms in total. The zero-order valence-corrected chi connectivity index (χ0v) is 10.7. The fourth-order valence-corrected chi connectivity index (χ4v) is 2.51. The van der Waals surface area contributed by atoms with Crippen LogP contribution >= 0.6 is 0 Å². The van der Waals surface area contributed by atoms with Gasteiger partial charge in [-0.2, -0.15) is 0 Å². The number of nitrogen functional groups attached to an aromatic ring is 1. The number of aromatic nitrogens is 2. The van der Waals surface area contributed by atoms with E-state index in [1.165, 1.54) is 0 Å². The molecule has 96 valence electrons. The summed E-state index contributed by atoms with van der Waals surface area (Å²) < 4.78 is 5.73. The van der Waals surface area contributed by atoms with Crippen molar-refractivity contribution >= 4 is 22.7 Å². The molecule has 2 heterocycles. The number of rotatable bonds is 1. The Bertz CT molecular complexity index is 555. The lowest BCUT2D eigenvalue weighted by atomic mass is 10.2. The maximum Gasteiger partial charge on any atom is 0.204 e. The second-order valence-corrected chi connectivity index (χ2v) is 5.00. The van der Waals surface area contributed by atoms with E-state index in [-0.39, 0.29) is 12.2 Å². The molecular formula is C13H18N4O. The number of nitrogens with two attached hydrogens (primary N) is 1. The normalized spacial score (nSPS) is 24.7. The van der Waals surface area contributed by atoms with Gasteiger partial charge in [0.2, 0.25) is 5.95 Å². The third-order valence-corrected chi connectivity index (χ3v) is 3.21. The lowest BCUT2D eigenvalue weighted by Crippen LogP contribution is -2.45. The molecule has 2 aromatic rings. The average molecular weight is 246 g/mol. The molecule has 0 radical (unpaired) electrons. The lowest BCUT2D eigenvalue weighted by Gasteiger charge is -2.35. The van der Waals surface area contributed by atoms with Crippen LogP contribution in [0.25, 0.3) is 11.0 Å². The van der Waals surface area contributed by atoms with E-state index >= 15 is 0 Å². The number of anilines is 2. The van der Waals surface area contributed by atoms with Gasteiger partial charge in [-0.25, -0.2) is 4.98 Å². The summed E-state index contributed by atoms with van der Waals surface area (Å²) >= 11 is 0. The number of fused-ring (bicyclic) bond motifs is 1. The number of aromatic amines is 1. The molecule has 0 unspecified atom stereocenters. The van der Waals surface area contributed by atoms with Crippen LogP contribution in [0.1, 0.15) is 13.8 Å². The molecule has 0 bridgehead atoms. The molecule has 0 spiro atoms. The number of imidazole rings is 1. The van der Waals surface area contributed by atoms with Gasteiger partial charge in [0.15, 0.2) is 0 Å². The van der Waals surface area contributed by atoms with Crippen molar-refractivity contribution in [3.05, 3.63) is 18.2 Å². The highest BCUT2D eigenvalue weighted by Crippen LogP contribution is 2.22. The Morgan fingerprint density at radius 1 is 1.33 bits per heavy atom. The van der Waals surface area contributed by atoms with E-state index in [4.69, 9.17) is 10.5 Å². The van der Waals surface area contributed by atoms with Crippen LogP contribution in [0.4, 0.5) is 11.6 Å². The summed E-state index contributed by atoms with van der Waals surface area (Å²) in [5, 5.41) is 0. The molecular weight excluding hydrogens is 228 g/mol. The summed E-state index contributed by atoms with van der Waals surface area (Å²) in [6.45, 7) is 5.89. The van der Waals surface area contributed by atoms with E-state index < -0.39 is 0 Å². The molecule has 1 aliphatic heterocycles. The number of hydrogen-bond acceptors (Lipinski definition) is 4. The summed E-state index contributed by atoms with van der Waals surface area (Å²) in [5.74, 6) is 0.901. The van der Waals surface area contributed by atoms with Gasteiger partial charge < -0.3 is 20.4 Å². The summed E-state index contributed by atoms with van der Waals surface area (Å²) in [4.78, 5) is 10.2. The smallest absolute Gasteiger partial charge is 0.204 e. The van der Waals surface area contributed by atoms with Crippen molar-refractivity contribution in [3.8, 4) is 0 Å². The highest BCUT2D eigenvalue weighted by atomic mass is 16.5. The van der Waals surface area contributed by atoms with Crippen molar-refractivity contribution in [3.63, 3.8) is 0 Å². The Kier molecular flexibility index (Phi) is 2.63. The van der Waals surface area contributed by atoms with E-state index in [0.29, 0.717) is 0 Å². The van der Waals surface area contributed by atoms with Gasteiger partial charge in [-0.3, -0.25) is 0 Å². The predicted molar refractivity (Wildman–Crippen MR) is 72.7 cm³/mol. The zero-order valence-electron chi connectivity index (χ0n) is 10.7. The third-order valence-electron chi connectivity index (χ3n) is 3.21. The minimum atomic E-state index is 0.229. The standard InChI is InChI=1S/C13H18N4O/c1-8-6-17(7-9(2)18-8)13-15-11-4-3-10(14)5-12(11)16-13/h3-5,8-9H,6-7,14H2,1-2H3,(H,15,16)/t8-,9+. The Hall–Kier alpha value is -1.75. The molecule has 1 aliphatic rings. The molecule has 1 aromatic carbocycles. The number of benzene rings is 1. The quantitative estimate of drug-likeness (QED) is 0.752. The van der Waals surface area contributed by atoms with E-state index in [1.807, 2.05) is 18.2 Å². The first-order valence-electron chi connectivity index (χ1n) is 6.27. The Morgan fingerprint density at radius 3 is 2.78 bits per heavy atom. The highest BCUT2D eigenvalue weighted by Gasteiger charge is 2.24. The van der Waals surface area contributed by atoms with Crippen LogP contribution in [0.2, 0.25) is 0 Å². The van der Waals surface area contributed by atoms with Gasteiger partial charge in [-0.05, 0) is 32.0 Å². The van der Waals surface area contributed by atoms with Crippen LogP contribution in [0.5, 0.6) is 0 Å². The zero-order chi connectivity index (χ0) is 12.7. The van der Waals surface area contributed by atoms with Crippen LogP contribution in [-0.2, 0) is 4.74 Å². The molecule has 1 aromatic heterocycles. The average Bonchev–Trinajstić information content (AvgIpc) is 2.70. The van der Waals surface area contributed by atoms with Crippen molar-refractivity contribution in [1.29, 1.82) is 0 Å². The first kappa shape index (κ1) is 11.3. The molecule has 3 N–H and O–H groups in total.